The van der Waals surface area contributed by atoms with E-state index in [-0.39, 0.29) is 11.6 Å². The molecule has 0 unspecified atom stereocenters. The number of hydrogen-bond donors (Lipinski definition) is 1. The molecule has 2 aromatic heterocycles. The Morgan fingerprint density at radius 1 is 1.25 bits per heavy atom. The molecule has 0 aliphatic heterocycles. The zero-order valence-electron chi connectivity index (χ0n) is 14.6. The molecule has 0 amide bonds. The first-order chi connectivity index (χ1) is 11.5. The van der Waals surface area contributed by atoms with E-state index in [9.17, 15) is 9.18 Å². The van der Waals surface area contributed by atoms with Crippen molar-refractivity contribution in [2.75, 3.05) is 5.32 Å². The number of carbonyl (C=O) groups is 1. The van der Waals surface area contributed by atoms with Crippen LogP contribution in [0.3, 0.4) is 0 Å². The van der Waals surface area contributed by atoms with E-state index in [2.05, 4.69) is 10.3 Å². The predicted octanol–water partition coefficient (Wildman–Crippen LogP) is 4.99. The number of nitrogens with zero attached hydrogens (tertiary/aromatic N) is 2. The number of Topliss-reactive ketones (excluding diaryl/α,β-unsaturated/α-hetero) is 1. The molecule has 0 spiro atoms. The van der Waals surface area contributed by atoms with Crippen LogP contribution in [0.15, 0.2) is 36.5 Å². The lowest BCUT2D eigenvalue weighted by atomic mass is 10.1. The van der Waals surface area contributed by atoms with Gasteiger partial charge in [0.2, 0.25) is 0 Å². The van der Waals surface area contributed by atoms with E-state index in [0.717, 1.165) is 10.9 Å². The first-order valence-corrected chi connectivity index (χ1v) is 7.96. The summed E-state index contributed by atoms with van der Waals surface area (Å²) in [4.78, 5) is 16.3. The lowest BCUT2D eigenvalue weighted by Crippen LogP contribution is -2.04. The van der Waals surface area contributed by atoms with Crippen molar-refractivity contribution in [1.82, 2.24) is 9.55 Å². The van der Waals surface area contributed by atoms with Crippen LogP contribution in [-0.4, -0.2) is 15.3 Å². The maximum absolute atomic E-state index is 14.1. The van der Waals surface area contributed by atoms with Crippen molar-refractivity contribution >= 4 is 28.3 Å². The van der Waals surface area contributed by atoms with Crippen molar-refractivity contribution in [3.05, 3.63) is 53.5 Å². The van der Waals surface area contributed by atoms with E-state index in [0.29, 0.717) is 22.7 Å². The van der Waals surface area contributed by atoms with Gasteiger partial charge in [0.05, 0.1) is 11.3 Å². The average Bonchev–Trinajstić information content (AvgIpc) is 2.85. The van der Waals surface area contributed by atoms with Gasteiger partial charge in [0, 0.05) is 18.6 Å². The summed E-state index contributed by atoms with van der Waals surface area (Å²) >= 11 is 0. The molecule has 5 heteroatoms. The number of fused-ring (bicyclic) bond motifs is 1. The van der Waals surface area contributed by atoms with E-state index in [1.807, 2.05) is 32.9 Å². The van der Waals surface area contributed by atoms with Gasteiger partial charge in [-0.1, -0.05) is 19.9 Å². The molecule has 0 radical (unpaired) electrons. The first kappa shape index (κ1) is 17.7. The number of benzene rings is 1. The van der Waals surface area contributed by atoms with Gasteiger partial charge in [-0.3, -0.25) is 4.79 Å². The molecule has 0 atom stereocenters. The number of pyridine rings is 1. The van der Waals surface area contributed by atoms with Crippen LogP contribution in [-0.2, 0) is 7.05 Å². The van der Waals surface area contributed by atoms with Crippen molar-refractivity contribution in [3.8, 4) is 0 Å². The van der Waals surface area contributed by atoms with Gasteiger partial charge in [0.25, 0.3) is 0 Å². The minimum absolute atomic E-state index is 0.0892. The second-order valence-electron chi connectivity index (χ2n) is 5.32. The largest absolute Gasteiger partial charge is 0.339 e. The molecule has 1 aromatic carbocycles. The third-order valence-corrected chi connectivity index (χ3v) is 3.68. The molecule has 0 bridgehead atoms. The number of aromatic nitrogens is 2. The molecule has 0 aliphatic carbocycles. The fourth-order valence-corrected chi connectivity index (χ4v) is 2.61. The quantitative estimate of drug-likeness (QED) is 0.689. The highest BCUT2D eigenvalue weighted by Crippen LogP contribution is 2.31. The molecule has 1 N–H and O–H groups in total. The average molecular weight is 327 g/mol. The molecular weight excluding hydrogens is 305 g/mol. The summed E-state index contributed by atoms with van der Waals surface area (Å²) in [7, 11) is 1.80. The molecule has 126 valence electrons. The second kappa shape index (κ2) is 7.25. The maximum Gasteiger partial charge on any atom is 0.164 e. The van der Waals surface area contributed by atoms with Gasteiger partial charge < -0.3 is 9.88 Å². The van der Waals surface area contributed by atoms with Crippen molar-refractivity contribution in [1.29, 1.82) is 0 Å². The van der Waals surface area contributed by atoms with E-state index in [1.54, 1.807) is 29.9 Å². The number of rotatable bonds is 3. The summed E-state index contributed by atoms with van der Waals surface area (Å²) in [5, 5.41) is 3.79. The molecule has 3 rings (SSSR count). The number of nitrogens with one attached hydrogen (secondary N) is 1. The third-order valence-electron chi connectivity index (χ3n) is 3.68. The Bertz CT molecular complexity index is 884. The van der Waals surface area contributed by atoms with Crippen LogP contribution < -0.4 is 5.32 Å². The van der Waals surface area contributed by atoms with Crippen LogP contribution in [0.1, 0.15) is 36.7 Å². The highest BCUT2D eigenvalue weighted by Gasteiger charge is 2.20. The van der Waals surface area contributed by atoms with Crippen molar-refractivity contribution in [3.63, 3.8) is 0 Å². The molecule has 4 nitrogen and oxygen atoms in total. The zero-order valence-corrected chi connectivity index (χ0v) is 14.6. The summed E-state index contributed by atoms with van der Waals surface area (Å²) in [6.07, 6.45) is 1.67. The summed E-state index contributed by atoms with van der Waals surface area (Å²) in [5.41, 5.74) is 2.38. The van der Waals surface area contributed by atoms with E-state index in [1.165, 1.54) is 13.0 Å². The van der Waals surface area contributed by atoms with Crippen LogP contribution in [0.4, 0.5) is 15.9 Å². The lowest BCUT2D eigenvalue weighted by molar-refractivity contribution is 0.102. The topological polar surface area (TPSA) is 46.9 Å². The normalized spacial score (nSPS) is 10.2. The predicted molar refractivity (Wildman–Crippen MR) is 96.5 cm³/mol. The third kappa shape index (κ3) is 3.15. The number of ketones is 1. The molecule has 0 aliphatic rings. The Morgan fingerprint density at radius 2 is 1.96 bits per heavy atom. The highest BCUT2D eigenvalue weighted by molar-refractivity contribution is 6.11. The number of hydrogen-bond acceptors (Lipinski definition) is 3. The Morgan fingerprint density at radius 3 is 2.58 bits per heavy atom. The molecule has 3 aromatic rings. The fourth-order valence-electron chi connectivity index (χ4n) is 2.61. The summed E-state index contributed by atoms with van der Waals surface area (Å²) in [6.45, 7) is 7.33. The maximum atomic E-state index is 14.1. The fraction of sp³-hybridized carbons (Fsp3) is 0.263. The zero-order chi connectivity index (χ0) is 17.9. The van der Waals surface area contributed by atoms with Gasteiger partial charge in [-0.15, -0.1) is 0 Å². The highest BCUT2D eigenvalue weighted by atomic mass is 19.1. The SMILES string of the molecule is CC.CC(=O)c1c(Nc2ccc(C)cc2F)n(C)c2ncccc12. The van der Waals surface area contributed by atoms with Crippen LogP contribution in [0.5, 0.6) is 0 Å². The van der Waals surface area contributed by atoms with Crippen molar-refractivity contribution < 1.29 is 9.18 Å². The van der Waals surface area contributed by atoms with E-state index in [4.69, 9.17) is 0 Å². The minimum atomic E-state index is -0.354. The molecule has 0 saturated carbocycles. The van der Waals surface area contributed by atoms with Gasteiger partial charge in [-0.25, -0.2) is 9.37 Å². The lowest BCUT2D eigenvalue weighted by Gasteiger charge is -2.11. The summed E-state index contributed by atoms with van der Waals surface area (Å²) in [5.74, 6) is 0.102. The van der Waals surface area contributed by atoms with Crippen molar-refractivity contribution in [2.45, 2.75) is 27.7 Å². The second-order valence-corrected chi connectivity index (χ2v) is 5.32. The molecule has 24 heavy (non-hydrogen) atoms. The summed E-state index contributed by atoms with van der Waals surface area (Å²) < 4.78 is 15.9. The number of halogens is 1. The van der Waals surface area contributed by atoms with Crippen LogP contribution in [0, 0.1) is 12.7 Å². The van der Waals surface area contributed by atoms with E-state index < -0.39 is 0 Å². The Hall–Kier alpha value is -2.69. The van der Waals surface area contributed by atoms with Crippen LogP contribution in [0.25, 0.3) is 11.0 Å². The number of carbonyl (C=O) groups excluding carboxylic acids is 1. The molecular formula is C19H22FN3O. The van der Waals surface area contributed by atoms with Gasteiger partial charge in [-0.05, 0) is 43.7 Å². The Balaban J connectivity index is 0.00000100. The van der Waals surface area contributed by atoms with Gasteiger partial charge >= 0.3 is 0 Å². The van der Waals surface area contributed by atoms with Crippen molar-refractivity contribution in [2.24, 2.45) is 7.05 Å². The standard InChI is InChI=1S/C17H16FN3O.C2H6/c1-10-6-7-14(13(18)9-10)20-17-15(11(2)22)12-5-4-8-19-16(12)21(17)3;1-2/h4-9,20H,1-3H3;1-2H3. The van der Waals surface area contributed by atoms with E-state index >= 15 is 0 Å². The molecule has 0 fully saturated rings. The van der Waals surface area contributed by atoms with Gasteiger partial charge in [0.15, 0.2) is 5.78 Å². The molecule has 0 saturated heterocycles. The Labute approximate surface area is 141 Å². The monoisotopic (exact) mass is 327 g/mol. The first-order valence-electron chi connectivity index (χ1n) is 7.96. The van der Waals surface area contributed by atoms with Crippen LogP contribution in [0.2, 0.25) is 0 Å². The van der Waals surface area contributed by atoms with Gasteiger partial charge in [-0.2, -0.15) is 0 Å². The minimum Gasteiger partial charge on any atom is -0.339 e. The number of anilines is 2. The number of aryl methyl sites for hydroxylation is 2. The smallest absolute Gasteiger partial charge is 0.164 e. The van der Waals surface area contributed by atoms with Gasteiger partial charge in [0.1, 0.15) is 17.3 Å². The van der Waals surface area contributed by atoms with Crippen LogP contribution >= 0.6 is 0 Å². The summed E-state index contributed by atoms with van der Waals surface area (Å²) in [6, 6.07) is 8.57. The Kier molecular flexibility index (Phi) is 5.34. The molecule has 2 heterocycles.